The molecule has 0 saturated carbocycles. The van der Waals surface area contributed by atoms with Gasteiger partial charge < -0.3 is 19.9 Å². The Morgan fingerprint density at radius 2 is 2.14 bits per heavy atom. The molecule has 5 heteroatoms. The van der Waals surface area contributed by atoms with Crippen LogP contribution < -0.4 is 5.73 Å². The fourth-order valence-electron chi connectivity index (χ4n) is 1.25. The fraction of sp³-hybridized carbons (Fsp3) is 0.889. The third-order valence-corrected chi connectivity index (χ3v) is 1.95. The molecule has 0 aromatic carbocycles. The Hall–Kier alpha value is -0.650. The van der Waals surface area contributed by atoms with Gasteiger partial charge in [-0.3, -0.25) is 0 Å². The van der Waals surface area contributed by atoms with Gasteiger partial charge in [0.1, 0.15) is 12.7 Å². The van der Waals surface area contributed by atoms with Gasteiger partial charge in [-0.2, -0.15) is 0 Å². The van der Waals surface area contributed by atoms with Crippen LogP contribution in [0.4, 0.5) is 0 Å². The lowest BCUT2D eigenvalue weighted by molar-refractivity contribution is -0.158. The zero-order valence-electron chi connectivity index (χ0n) is 8.24. The van der Waals surface area contributed by atoms with E-state index in [1.165, 1.54) is 0 Å². The summed E-state index contributed by atoms with van der Waals surface area (Å²) in [6, 6.07) is 0. The minimum Gasteiger partial charge on any atom is -0.460 e. The largest absolute Gasteiger partial charge is 0.460 e. The standard InChI is InChI=1S/C9H17NO4/c10-3-6-13-7-9(11)14-8-1-4-12-5-2-8/h8H,1-7,10H2. The van der Waals surface area contributed by atoms with Gasteiger partial charge in [0.25, 0.3) is 0 Å². The van der Waals surface area contributed by atoms with Crippen LogP contribution in [0.15, 0.2) is 0 Å². The van der Waals surface area contributed by atoms with E-state index in [9.17, 15) is 4.79 Å². The number of carbonyl (C=O) groups is 1. The zero-order chi connectivity index (χ0) is 10.2. The molecule has 0 bridgehead atoms. The van der Waals surface area contributed by atoms with Crippen molar-refractivity contribution in [2.75, 3.05) is 33.0 Å². The van der Waals surface area contributed by atoms with Crippen molar-refractivity contribution in [1.82, 2.24) is 0 Å². The Morgan fingerprint density at radius 1 is 1.43 bits per heavy atom. The maximum Gasteiger partial charge on any atom is 0.332 e. The third-order valence-electron chi connectivity index (χ3n) is 1.95. The molecule has 0 aliphatic carbocycles. The summed E-state index contributed by atoms with van der Waals surface area (Å²) in [6.45, 7) is 2.14. The Kier molecular flexibility index (Phi) is 5.51. The smallest absolute Gasteiger partial charge is 0.332 e. The molecule has 0 radical (unpaired) electrons. The van der Waals surface area contributed by atoms with Crippen molar-refractivity contribution in [2.45, 2.75) is 18.9 Å². The van der Waals surface area contributed by atoms with Crippen molar-refractivity contribution in [3.8, 4) is 0 Å². The van der Waals surface area contributed by atoms with E-state index in [2.05, 4.69) is 0 Å². The Balaban J connectivity index is 2.06. The molecule has 1 heterocycles. The summed E-state index contributed by atoms with van der Waals surface area (Å²) in [7, 11) is 0. The first-order valence-corrected chi connectivity index (χ1v) is 4.88. The van der Waals surface area contributed by atoms with Gasteiger partial charge in [0, 0.05) is 19.4 Å². The molecule has 14 heavy (non-hydrogen) atoms. The van der Waals surface area contributed by atoms with Crippen LogP contribution in [0.25, 0.3) is 0 Å². The normalized spacial score (nSPS) is 18.1. The van der Waals surface area contributed by atoms with Gasteiger partial charge in [-0.1, -0.05) is 0 Å². The number of esters is 1. The van der Waals surface area contributed by atoms with Gasteiger partial charge >= 0.3 is 5.97 Å². The van der Waals surface area contributed by atoms with E-state index in [0.717, 1.165) is 12.8 Å². The first-order valence-electron chi connectivity index (χ1n) is 4.88. The highest BCUT2D eigenvalue weighted by Crippen LogP contribution is 2.10. The fourth-order valence-corrected chi connectivity index (χ4v) is 1.25. The van der Waals surface area contributed by atoms with Crippen LogP contribution in [0, 0.1) is 0 Å². The van der Waals surface area contributed by atoms with Crippen molar-refractivity contribution >= 4 is 5.97 Å². The molecule has 0 atom stereocenters. The maximum atomic E-state index is 11.2. The molecule has 1 aliphatic rings. The Labute approximate surface area is 83.5 Å². The summed E-state index contributed by atoms with van der Waals surface area (Å²) in [5.41, 5.74) is 5.21. The molecule has 0 aromatic rings. The third kappa shape index (κ3) is 4.55. The second-order valence-electron chi connectivity index (χ2n) is 3.14. The average Bonchev–Trinajstić information content (AvgIpc) is 2.20. The van der Waals surface area contributed by atoms with Crippen molar-refractivity contribution < 1.29 is 19.0 Å². The molecule has 2 N–H and O–H groups in total. The van der Waals surface area contributed by atoms with Crippen LogP contribution in [0.1, 0.15) is 12.8 Å². The molecule has 1 aliphatic heterocycles. The molecule has 1 fully saturated rings. The minimum atomic E-state index is -0.314. The number of nitrogens with two attached hydrogens (primary N) is 1. The highest BCUT2D eigenvalue weighted by atomic mass is 16.6. The maximum absolute atomic E-state index is 11.2. The molecule has 5 nitrogen and oxygen atoms in total. The summed E-state index contributed by atoms with van der Waals surface area (Å²) in [6.07, 6.45) is 1.56. The second kappa shape index (κ2) is 6.75. The lowest BCUT2D eigenvalue weighted by Gasteiger charge is -2.22. The van der Waals surface area contributed by atoms with Crippen LogP contribution in [-0.2, 0) is 19.0 Å². The van der Waals surface area contributed by atoms with Crippen molar-refractivity contribution in [3.63, 3.8) is 0 Å². The van der Waals surface area contributed by atoms with Gasteiger partial charge in [0.15, 0.2) is 0 Å². The van der Waals surface area contributed by atoms with Crippen LogP contribution in [0.2, 0.25) is 0 Å². The molecule has 1 saturated heterocycles. The van der Waals surface area contributed by atoms with E-state index in [4.69, 9.17) is 19.9 Å². The van der Waals surface area contributed by atoms with Crippen molar-refractivity contribution in [3.05, 3.63) is 0 Å². The highest BCUT2D eigenvalue weighted by molar-refractivity contribution is 5.70. The number of hydrogen-bond donors (Lipinski definition) is 1. The lowest BCUT2D eigenvalue weighted by atomic mass is 10.2. The van der Waals surface area contributed by atoms with E-state index in [-0.39, 0.29) is 18.7 Å². The molecule has 0 amide bonds. The van der Waals surface area contributed by atoms with Crippen molar-refractivity contribution in [2.24, 2.45) is 5.73 Å². The molecule has 0 spiro atoms. The quantitative estimate of drug-likeness (QED) is 0.490. The summed E-state index contributed by atoms with van der Waals surface area (Å²) in [5, 5.41) is 0. The number of rotatable bonds is 5. The van der Waals surface area contributed by atoms with E-state index >= 15 is 0 Å². The first-order chi connectivity index (χ1) is 6.83. The molecular formula is C9H17NO4. The van der Waals surface area contributed by atoms with Crippen LogP contribution in [0.3, 0.4) is 0 Å². The lowest BCUT2D eigenvalue weighted by Crippen LogP contribution is -2.28. The first kappa shape index (κ1) is 11.4. The van der Waals surface area contributed by atoms with E-state index < -0.39 is 0 Å². The molecule has 1 rings (SSSR count). The van der Waals surface area contributed by atoms with Gasteiger partial charge in [-0.15, -0.1) is 0 Å². The molecule has 0 unspecified atom stereocenters. The molecule has 0 aromatic heterocycles. The van der Waals surface area contributed by atoms with Crippen LogP contribution in [0.5, 0.6) is 0 Å². The predicted octanol–water partition coefficient (Wildman–Crippen LogP) is -0.316. The van der Waals surface area contributed by atoms with Gasteiger partial charge in [0.2, 0.25) is 0 Å². The zero-order valence-corrected chi connectivity index (χ0v) is 8.24. The van der Waals surface area contributed by atoms with Gasteiger partial charge in [-0.25, -0.2) is 4.79 Å². The Morgan fingerprint density at radius 3 is 2.79 bits per heavy atom. The van der Waals surface area contributed by atoms with Crippen LogP contribution in [-0.4, -0.2) is 45.0 Å². The van der Waals surface area contributed by atoms with Crippen molar-refractivity contribution in [1.29, 1.82) is 0 Å². The monoisotopic (exact) mass is 203 g/mol. The summed E-state index contributed by atoms with van der Waals surface area (Å²) >= 11 is 0. The number of hydrogen-bond acceptors (Lipinski definition) is 5. The molecular weight excluding hydrogens is 186 g/mol. The van der Waals surface area contributed by atoms with E-state index in [1.807, 2.05) is 0 Å². The summed E-state index contributed by atoms with van der Waals surface area (Å²) in [4.78, 5) is 11.2. The summed E-state index contributed by atoms with van der Waals surface area (Å²) < 4.78 is 15.2. The van der Waals surface area contributed by atoms with E-state index in [0.29, 0.717) is 26.4 Å². The predicted molar refractivity (Wildman–Crippen MR) is 49.8 cm³/mol. The minimum absolute atomic E-state index is 0.00211. The highest BCUT2D eigenvalue weighted by Gasteiger charge is 2.17. The SMILES string of the molecule is NCCOCC(=O)OC1CCOCC1. The van der Waals surface area contributed by atoms with Gasteiger partial charge in [-0.05, 0) is 0 Å². The van der Waals surface area contributed by atoms with E-state index in [1.54, 1.807) is 0 Å². The number of ether oxygens (including phenoxy) is 3. The number of carbonyl (C=O) groups excluding carboxylic acids is 1. The topological polar surface area (TPSA) is 70.8 Å². The molecule has 82 valence electrons. The Bertz CT molecular complexity index is 168. The van der Waals surface area contributed by atoms with Gasteiger partial charge in [0.05, 0.1) is 19.8 Å². The second-order valence-corrected chi connectivity index (χ2v) is 3.14. The average molecular weight is 203 g/mol. The summed E-state index contributed by atoms with van der Waals surface area (Å²) in [5.74, 6) is -0.314. The van der Waals surface area contributed by atoms with Crippen LogP contribution >= 0.6 is 0 Å².